The lowest BCUT2D eigenvalue weighted by molar-refractivity contribution is -0.122. The van der Waals surface area contributed by atoms with E-state index in [0.717, 1.165) is 48.9 Å². The second kappa shape index (κ2) is 8.19. The maximum Gasteiger partial charge on any atom is 0.244 e. The molecule has 5 rings (SSSR count). The van der Waals surface area contributed by atoms with Gasteiger partial charge in [0.1, 0.15) is 0 Å². The predicted octanol–water partition coefficient (Wildman–Crippen LogP) is 3.95. The Morgan fingerprint density at radius 1 is 1.19 bits per heavy atom. The van der Waals surface area contributed by atoms with Crippen LogP contribution in [0.25, 0.3) is 10.9 Å². The lowest BCUT2D eigenvalue weighted by Gasteiger charge is -2.23. The zero-order chi connectivity index (χ0) is 21.3. The number of fused-ring (bicyclic) bond motifs is 1. The number of ether oxygens (including phenoxy) is 1. The van der Waals surface area contributed by atoms with Gasteiger partial charge in [0.25, 0.3) is 0 Å². The van der Waals surface area contributed by atoms with Crippen molar-refractivity contribution in [1.82, 2.24) is 15.4 Å². The minimum atomic E-state index is -0.120. The lowest BCUT2D eigenvalue weighted by Crippen LogP contribution is -2.23. The summed E-state index contributed by atoms with van der Waals surface area (Å²) in [6.07, 6.45) is 9.83. The molecule has 6 nitrogen and oxygen atoms in total. The van der Waals surface area contributed by atoms with E-state index in [2.05, 4.69) is 51.7 Å². The van der Waals surface area contributed by atoms with Gasteiger partial charge in [-0.2, -0.15) is 5.10 Å². The lowest BCUT2D eigenvalue weighted by atomic mass is 9.88. The number of hydrogen-bond acceptors (Lipinski definition) is 5. The van der Waals surface area contributed by atoms with Gasteiger partial charge in [-0.25, -0.2) is 5.43 Å². The summed E-state index contributed by atoms with van der Waals surface area (Å²) in [5.41, 5.74) is 6.85. The van der Waals surface area contributed by atoms with Crippen molar-refractivity contribution in [2.24, 2.45) is 11.0 Å². The van der Waals surface area contributed by atoms with Crippen LogP contribution < -0.4 is 5.43 Å². The standard InChI is InChI=1S/C25H26N4O2/c1-25(21-4-2-18(3-5-21)19-7-10-31-11-8-19)13-22(25)24(30)29-28-15-17-12-20-6-9-26-16-23(20)27-14-17/h2-6,9,12,14-16,19,22H,7-8,10-11,13H2,1H3,(H,29,30)/b28-15+. The molecule has 1 N–H and O–H groups in total. The van der Waals surface area contributed by atoms with Crippen molar-refractivity contribution in [3.8, 4) is 0 Å². The summed E-state index contributed by atoms with van der Waals surface area (Å²) in [5, 5.41) is 5.14. The second-order valence-electron chi connectivity index (χ2n) is 8.75. The molecular formula is C25H26N4O2. The van der Waals surface area contributed by atoms with Gasteiger partial charge < -0.3 is 4.74 Å². The Hall–Kier alpha value is -3.12. The Morgan fingerprint density at radius 3 is 2.81 bits per heavy atom. The van der Waals surface area contributed by atoms with E-state index >= 15 is 0 Å². The summed E-state index contributed by atoms with van der Waals surface area (Å²) < 4.78 is 5.47. The molecule has 0 spiro atoms. The van der Waals surface area contributed by atoms with E-state index in [1.165, 1.54) is 11.1 Å². The Morgan fingerprint density at radius 2 is 2.00 bits per heavy atom. The van der Waals surface area contributed by atoms with Crippen LogP contribution in [0.15, 0.2) is 60.1 Å². The number of hydrazone groups is 1. The maximum absolute atomic E-state index is 12.6. The Balaban J connectivity index is 1.20. The first-order chi connectivity index (χ1) is 15.1. The number of nitrogens with one attached hydrogen (secondary N) is 1. The molecule has 3 heterocycles. The third kappa shape index (κ3) is 4.08. The minimum absolute atomic E-state index is 0.0368. The first-order valence-electron chi connectivity index (χ1n) is 10.8. The summed E-state index contributed by atoms with van der Waals surface area (Å²) in [4.78, 5) is 21.1. The average Bonchev–Trinajstić information content (AvgIpc) is 3.52. The van der Waals surface area contributed by atoms with E-state index in [9.17, 15) is 4.79 Å². The van der Waals surface area contributed by atoms with E-state index < -0.39 is 0 Å². The smallest absolute Gasteiger partial charge is 0.244 e. The van der Waals surface area contributed by atoms with Crippen LogP contribution in [0.5, 0.6) is 0 Å². The summed E-state index contributed by atoms with van der Waals surface area (Å²) in [5.74, 6) is 0.494. The van der Waals surface area contributed by atoms with Crippen LogP contribution in [0.2, 0.25) is 0 Å². The fourth-order valence-corrected chi connectivity index (χ4v) is 4.54. The van der Waals surface area contributed by atoms with Crippen molar-refractivity contribution in [2.75, 3.05) is 13.2 Å². The zero-order valence-electron chi connectivity index (χ0n) is 17.6. The minimum Gasteiger partial charge on any atom is -0.381 e. The molecule has 1 aliphatic carbocycles. The average molecular weight is 415 g/mol. The molecule has 0 bridgehead atoms. The fourth-order valence-electron chi connectivity index (χ4n) is 4.54. The molecule has 31 heavy (non-hydrogen) atoms. The molecule has 1 aromatic carbocycles. The van der Waals surface area contributed by atoms with Gasteiger partial charge in [0.15, 0.2) is 0 Å². The molecule has 2 aromatic heterocycles. The monoisotopic (exact) mass is 414 g/mol. The summed E-state index contributed by atoms with van der Waals surface area (Å²) in [6.45, 7) is 3.85. The number of nitrogens with zero attached hydrogens (tertiary/aromatic N) is 3. The molecule has 2 fully saturated rings. The van der Waals surface area contributed by atoms with Crippen LogP contribution in [0.3, 0.4) is 0 Å². The number of pyridine rings is 2. The molecule has 0 radical (unpaired) electrons. The number of hydrogen-bond donors (Lipinski definition) is 1. The highest BCUT2D eigenvalue weighted by Crippen LogP contribution is 2.54. The highest BCUT2D eigenvalue weighted by molar-refractivity contribution is 5.89. The van der Waals surface area contributed by atoms with E-state index in [1.54, 1.807) is 24.8 Å². The quantitative estimate of drug-likeness (QED) is 0.507. The van der Waals surface area contributed by atoms with E-state index in [0.29, 0.717) is 5.92 Å². The van der Waals surface area contributed by atoms with Gasteiger partial charge in [0, 0.05) is 42.0 Å². The molecule has 3 aromatic rings. The van der Waals surface area contributed by atoms with Gasteiger partial charge in [0.05, 0.1) is 23.8 Å². The van der Waals surface area contributed by atoms with Crippen LogP contribution in [-0.2, 0) is 14.9 Å². The molecule has 158 valence electrons. The van der Waals surface area contributed by atoms with Gasteiger partial charge in [-0.3, -0.25) is 14.8 Å². The molecule has 1 aliphatic heterocycles. The van der Waals surface area contributed by atoms with Crippen LogP contribution in [-0.4, -0.2) is 35.3 Å². The van der Waals surface area contributed by atoms with Gasteiger partial charge >= 0.3 is 0 Å². The molecule has 1 saturated carbocycles. The first-order valence-corrected chi connectivity index (χ1v) is 10.8. The Kier molecular flexibility index (Phi) is 5.24. The van der Waals surface area contributed by atoms with Crippen LogP contribution in [0.4, 0.5) is 0 Å². The second-order valence-corrected chi connectivity index (χ2v) is 8.75. The van der Waals surface area contributed by atoms with Crippen LogP contribution in [0, 0.1) is 5.92 Å². The summed E-state index contributed by atoms with van der Waals surface area (Å²) in [6, 6.07) is 12.7. The third-order valence-corrected chi connectivity index (χ3v) is 6.71. The van der Waals surface area contributed by atoms with Crippen molar-refractivity contribution < 1.29 is 9.53 Å². The summed E-state index contributed by atoms with van der Waals surface area (Å²) in [7, 11) is 0. The van der Waals surface area contributed by atoms with Gasteiger partial charge in [-0.05, 0) is 48.4 Å². The Bertz CT molecular complexity index is 1120. The fraction of sp³-hybridized carbons (Fsp3) is 0.360. The van der Waals surface area contributed by atoms with Crippen molar-refractivity contribution in [3.05, 3.63) is 71.7 Å². The van der Waals surface area contributed by atoms with Crippen molar-refractivity contribution in [2.45, 2.75) is 37.5 Å². The highest BCUT2D eigenvalue weighted by atomic mass is 16.5. The van der Waals surface area contributed by atoms with Gasteiger partial charge in [0.2, 0.25) is 5.91 Å². The van der Waals surface area contributed by atoms with Gasteiger partial charge in [-0.15, -0.1) is 0 Å². The number of amides is 1. The molecule has 2 unspecified atom stereocenters. The maximum atomic E-state index is 12.6. The topological polar surface area (TPSA) is 76.5 Å². The molecule has 1 amide bonds. The van der Waals surface area contributed by atoms with Crippen molar-refractivity contribution in [1.29, 1.82) is 0 Å². The van der Waals surface area contributed by atoms with Crippen LogP contribution in [0.1, 0.15) is 48.8 Å². The Labute approximate surface area is 181 Å². The first kappa shape index (κ1) is 19.8. The number of rotatable bonds is 5. The van der Waals surface area contributed by atoms with Gasteiger partial charge in [-0.1, -0.05) is 31.2 Å². The largest absolute Gasteiger partial charge is 0.381 e. The highest BCUT2D eigenvalue weighted by Gasteiger charge is 2.55. The third-order valence-electron chi connectivity index (χ3n) is 6.71. The molecule has 1 saturated heterocycles. The number of carbonyl (C=O) groups is 1. The number of carbonyl (C=O) groups excluding carboxylic acids is 1. The van der Waals surface area contributed by atoms with E-state index in [1.807, 2.05) is 12.1 Å². The van der Waals surface area contributed by atoms with Crippen molar-refractivity contribution in [3.63, 3.8) is 0 Å². The molecule has 2 aliphatic rings. The van der Waals surface area contributed by atoms with Crippen molar-refractivity contribution >= 4 is 23.0 Å². The number of aromatic nitrogens is 2. The number of benzene rings is 1. The SMILES string of the molecule is CC1(c2ccc(C3CCOCC3)cc2)CC1C(=O)N/N=C/c1cnc2cnccc2c1. The van der Waals surface area contributed by atoms with E-state index in [4.69, 9.17) is 4.74 Å². The summed E-state index contributed by atoms with van der Waals surface area (Å²) >= 11 is 0. The molecular weight excluding hydrogens is 388 g/mol. The molecule has 2 atom stereocenters. The normalized spacial score (nSPS) is 23.8. The van der Waals surface area contributed by atoms with Crippen LogP contribution >= 0.6 is 0 Å². The predicted molar refractivity (Wildman–Crippen MR) is 120 cm³/mol. The van der Waals surface area contributed by atoms with E-state index in [-0.39, 0.29) is 17.2 Å². The zero-order valence-corrected chi connectivity index (χ0v) is 17.6. The molecule has 6 heteroatoms.